The van der Waals surface area contributed by atoms with Gasteiger partial charge in [-0.25, -0.2) is 0 Å². The summed E-state index contributed by atoms with van der Waals surface area (Å²) in [7, 11) is 0. The third-order valence-corrected chi connectivity index (χ3v) is 9.34. The van der Waals surface area contributed by atoms with Gasteiger partial charge in [-0.2, -0.15) is 0 Å². The number of imide groups is 1. The number of carbonyl (C=O) groups excluding carboxylic acids is 2. The van der Waals surface area contributed by atoms with Gasteiger partial charge in [-0.3, -0.25) is 19.3 Å². The molecule has 0 saturated carbocycles. The minimum atomic E-state index is -0.917. The van der Waals surface area contributed by atoms with Crippen molar-refractivity contribution in [3.8, 4) is 5.75 Å². The van der Waals surface area contributed by atoms with E-state index in [1.165, 1.54) is 4.90 Å². The maximum Gasteiger partial charge on any atom is 0.303 e. The number of amides is 2. The van der Waals surface area contributed by atoms with Crippen LogP contribution in [0.25, 0.3) is 22.4 Å². The highest BCUT2D eigenvalue weighted by molar-refractivity contribution is 6.06. The fourth-order valence-electron chi connectivity index (χ4n) is 7.15. The van der Waals surface area contributed by atoms with Crippen molar-refractivity contribution in [1.29, 1.82) is 0 Å². The highest BCUT2D eigenvalue weighted by Gasteiger charge is 2.54. The predicted octanol–water partition coefficient (Wildman–Crippen LogP) is 5.80. The van der Waals surface area contributed by atoms with Crippen LogP contribution in [0.1, 0.15) is 63.0 Å². The molecule has 2 amide bonds. The van der Waals surface area contributed by atoms with Gasteiger partial charge in [-0.05, 0) is 72.8 Å². The zero-order valence-electron chi connectivity index (χ0n) is 25.6. The van der Waals surface area contributed by atoms with Crippen LogP contribution in [0.3, 0.4) is 0 Å². The van der Waals surface area contributed by atoms with Crippen LogP contribution >= 0.6 is 0 Å². The first-order valence-corrected chi connectivity index (χ1v) is 15.7. The number of benzene rings is 3. The maximum atomic E-state index is 13.5. The number of fused-ring (bicyclic) bond motifs is 2. The molecular weight excluding hydrogens is 570 g/mol. The Morgan fingerprint density at radius 1 is 0.933 bits per heavy atom. The molecule has 4 N–H and O–H groups in total. The van der Waals surface area contributed by atoms with E-state index >= 15 is 0 Å². The first-order chi connectivity index (χ1) is 21.7. The molecule has 45 heavy (non-hydrogen) atoms. The number of carboxylic acids is 1. The number of aliphatic hydroxyl groups is 2. The number of aliphatic hydroxyl groups excluding tert-OH is 2. The van der Waals surface area contributed by atoms with Crippen LogP contribution in [-0.2, 0) is 14.4 Å². The highest BCUT2D eigenvalue weighted by atomic mass is 16.4. The molecule has 1 aliphatic heterocycles. The van der Waals surface area contributed by atoms with Gasteiger partial charge in [-0.15, -0.1) is 0 Å². The van der Waals surface area contributed by atoms with E-state index in [0.717, 1.165) is 33.0 Å². The molecule has 1 saturated heterocycles. The van der Waals surface area contributed by atoms with Crippen molar-refractivity contribution >= 4 is 40.2 Å². The Labute approximate surface area is 263 Å². The second kappa shape index (κ2) is 14.2. The fourth-order valence-corrected chi connectivity index (χ4v) is 7.15. The largest absolute Gasteiger partial charge is 0.507 e. The number of likely N-dealkylation sites (tertiary alicyclic amines) is 1. The van der Waals surface area contributed by atoms with Crippen LogP contribution in [0, 0.1) is 17.8 Å². The molecule has 8 heteroatoms. The third kappa shape index (κ3) is 6.87. The summed E-state index contributed by atoms with van der Waals surface area (Å²) in [6, 6.07) is 21.1. The summed E-state index contributed by atoms with van der Waals surface area (Å²) >= 11 is 0. The highest BCUT2D eigenvalue weighted by Crippen LogP contribution is 2.46. The number of hydrogen-bond acceptors (Lipinski definition) is 6. The lowest BCUT2D eigenvalue weighted by Gasteiger charge is -2.35. The van der Waals surface area contributed by atoms with Crippen molar-refractivity contribution in [3.63, 3.8) is 0 Å². The summed E-state index contributed by atoms with van der Waals surface area (Å²) in [4.78, 5) is 38.9. The van der Waals surface area contributed by atoms with E-state index in [0.29, 0.717) is 44.1 Å². The third-order valence-electron chi connectivity index (χ3n) is 9.34. The van der Waals surface area contributed by atoms with Gasteiger partial charge in [0.25, 0.3) is 0 Å². The summed E-state index contributed by atoms with van der Waals surface area (Å²) in [6.45, 7) is 1.76. The number of aromatic hydroxyl groups is 1. The normalized spacial score (nSPS) is 21.0. The number of unbranched alkanes of at least 4 members (excludes halogenated alkanes) is 2. The summed E-state index contributed by atoms with van der Waals surface area (Å²) < 4.78 is 0. The number of carbonyl (C=O) groups is 3. The van der Waals surface area contributed by atoms with Gasteiger partial charge in [0.1, 0.15) is 5.75 Å². The SMILES string of the molecule is CC1=C([C@H](O)CC/C(=C/c2ccc(O)c3ccccc23)c2ccccc2)[C@H](CO)[C@@H]2C(=O)N(CCCCCC(=O)O)C(=O)[C@@H]2C1. The van der Waals surface area contributed by atoms with Crippen LogP contribution in [0.4, 0.5) is 0 Å². The number of rotatable bonds is 13. The van der Waals surface area contributed by atoms with E-state index in [1.807, 2.05) is 67.6 Å². The molecule has 3 aromatic carbocycles. The van der Waals surface area contributed by atoms with Crippen LogP contribution < -0.4 is 0 Å². The zero-order valence-corrected chi connectivity index (χ0v) is 25.6. The van der Waals surface area contributed by atoms with E-state index in [1.54, 1.807) is 6.07 Å². The molecule has 1 aliphatic carbocycles. The van der Waals surface area contributed by atoms with E-state index in [2.05, 4.69) is 6.08 Å². The molecule has 0 bridgehead atoms. The molecule has 2 aliphatic rings. The van der Waals surface area contributed by atoms with Crippen molar-refractivity contribution in [2.45, 2.75) is 58.0 Å². The Kier molecular flexibility index (Phi) is 10.2. The number of aliphatic carboxylic acids is 1. The lowest BCUT2D eigenvalue weighted by Crippen LogP contribution is -2.38. The second-order valence-corrected chi connectivity index (χ2v) is 12.2. The first-order valence-electron chi connectivity index (χ1n) is 15.7. The molecular formula is C37H41NO7. The molecule has 236 valence electrons. The minimum Gasteiger partial charge on any atom is -0.507 e. The average Bonchev–Trinajstić information content (AvgIpc) is 3.27. The Morgan fingerprint density at radius 3 is 2.36 bits per heavy atom. The van der Waals surface area contributed by atoms with Gasteiger partial charge in [0.05, 0.1) is 24.5 Å². The molecule has 0 radical (unpaired) electrons. The summed E-state index contributed by atoms with van der Waals surface area (Å²) in [5.41, 5.74) is 4.43. The maximum absolute atomic E-state index is 13.5. The molecule has 3 aromatic rings. The number of nitrogens with zero attached hydrogens (tertiary/aromatic N) is 1. The minimum absolute atomic E-state index is 0.0524. The van der Waals surface area contributed by atoms with Gasteiger partial charge >= 0.3 is 5.97 Å². The number of phenolic OH excluding ortho intramolecular Hbond substituents is 1. The van der Waals surface area contributed by atoms with E-state index in [9.17, 15) is 29.7 Å². The molecule has 1 fully saturated rings. The standard InChI is InChI=1S/C37H41NO7/c1-23-20-29-35(37(45)38(36(29)44)19-9-3-6-14-33(42)43)30(22-39)34(23)32(41)18-15-25(24-10-4-2-5-11-24)21-26-16-17-31(40)28-13-8-7-12-27(26)28/h2,4-5,7-8,10-13,16-17,21,29-30,32,35,39-41H,3,6,9,14-15,18-20,22H2,1H3,(H,42,43)/b25-21-/t29-,30+,32-,35-/m1/s1. The Morgan fingerprint density at radius 2 is 1.64 bits per heavy atom. The fraction of sp³-hybridized carbons (Fsp3) is 0.378. The predicted molar refractivity (Wildman–Crippen MR) is 173 cm³/mol. The molecule has 0 aromatic heterocycles. The zero-order chi connectivity index (χ0) is 32.1. The van der Waals surface area contributed by atoms with E-state index in [4.69, 9.17) is 5.11 Å². The number of hydrogen-bond donors (Lipinski definition) is 4. The molecule has 0 spiro atoms. The van der Waals surface area contributed by atoms with Crippen LogP contribution in [-0.4, -0.2) is 62.4 Å². The van der Waals surface area contributed by atoms with Crippen molar-refractivity contribution in [3.05, 3.63) is 89.0 Å². The van der Waals surface area contributed by atoms with E-state index < -0.39 is 29.8 Å². The quantitative estimate of drug-likeness (QED) is 0.0830. The van der Waals surface area contributed by atoms with Crippen molar-refractivity contribution < 1.29 is 34.8 Å². The van der Waals surface area contributed by atoms with Crippen molar-refractivity contribution in [2.24, 2.45) is 17.8 Å². The van der Waals surface area contributed by atoms with Gasteiger partial charge < -0.3 is 20.4 Å². The van der Waals surface area contributed by atoms with Gasteiger partial charge in [-0.1, -0.05) is 78.7 Å². The molecule has 8 nitrogen and oxygen atoms in total. The number of allylic oxidation sites excluding steroid dienone is 2. The Hall–Kier alpha value is -4.27. The van der Waals surface area contributed by atoms with Gasteiger partial charge in [0.15, 0.2) is 0 Å². The Bertz CT molecular complexity index is 1630. The van der Waals surface area contributed by atoms with Gasteiger partial charge in [0.2, 0.25) is 11.8 Å². The summed E-state index contributed by atoms with van der Waals surface area (Å²) in [6.07, 6.45) is 4.05. The lowest BCUT2D eigenvalue weighted by atomic mass is 9.68. The number of phenols is 1. The second-order valence-electron chi connectivity index (χ2n) is 12.2. The first kappa shape index (κ1) is 32.1. The topological polar surface area (TPSA) is 135 Å². The number of carboxylic acid groups (broad SMARTS) is 1. The smallest absolute Gasteiger partial charge is 0.303 e. The molecule has 0 unspecified atom stereocenters. The van der Waals surface area contributed by atoms with Crippen LogP contribution in [0.5, 0.6) is 5.75 Å². The van der Waals surface area contributed by atoms with Crippen molar-refractivity contribution in [1.82, 2.24) is 4.90 Å². The average molecular weight is 612 g/mol. The van der Waals surface area contributed by atoms with Crippen LogP contribution in [0.15, 0.2) is 77.9 Å². The summed E-state index contributed by atoms with van der Waals surface area (Å²) in [5.74, 6) is -3.15. The van der Waals surface area contributed by atoms with Gasteiger partial charge in [0, 0.05) is 24.3 Å². The monoisotopic (exact) mass is 611 g/mol. The molecule has 5 rings (SSSR count). The summed E-state index contributed by atoms with van der Waals surface area (Å²) in [5, 5.41) is 43.1. The molecule has 4 atom stereocenters. The van der Waals surface area contributed by atoms with Crippen LogP contribution in [0.2, 0.25) is 0 Å². The molecule has 1 heterocycles. The van der Waals surface area contributed by atoms with Crippen molar-refractivity contribution in [2.75, 3.05) is 13.2 Å². The lowest BCUT2D eigenvalue weighted by molar-refractivity contribution is -0.141. The Balaban J connectivity index is 1.35. The van der Waals surface area contributed by atoms with E-state index in [-0.39, 0.29) is 37.1 Å².